The normalized spacial score (nSPS) is 12.3. The minimum absolute atomic E-state index is 0.0747. The molecule has 1 amide bonds. The molecule has 0 spiro atoms. The van der Waals surface area contributed by atoms with Crippen LogP contribution in [0.15, 0.2) is 34.7 Å². The first kappa shape index (κ1) is 21.1. The largest absolute Gasteiger partial charge is 0.468 e. The molecule has 1 atom stereocenters. The first-order chi connectivity index (χ1) is 12.7. The van der Waals surface area contributed by atoms with E-state index in [4.69, 9.17) is 0 Å². The van der Waals surface area contributed by atoms with Gasteiger partial charge in [0.1, 0.15) is 6.04 Å². The topological polar surface area (TPSA) is 119 Å². The standard InChI is InChI=1S/C15H18N4O5S3/c1-10(19(27(3,22)23)11-7-5-4-6-8-11)13(21)16-14-17-18-15(26-14)25-9-12(20)24-2/h4-8,10H,9H2,1-3H3,(H,16,17,21). The lowest BCUT2D eigenvalue weighted by atomic mass is 10.2. The molecule has 1 N–H and O–H groups in total. The third kappa shape index (κ3) is 5.91. The smallest absolute Gasteiger partial charge is 0.316 e. The number of ether oxygens (including phenoxy) is 1. The number of amides is 1. The van der Waals surface area contributed by atoms with Gasteiger partial charge in [0.15, 0.2) is 4.34 Å². The van der Waals surface area contributed by atoms with Crippen LogP contribution in [-0.4, -0.2) is 55.7 Å². The van der Waals surface area contributed by atoms with Crippen LogP contribution < -0.4 is 9.62 Å². The van der Waals surface area contributed by atoms with E-state index in [1.165, 1.54) is 14.0 Å². The molecule has 0 saturated carbocycles. The van der Waals surface area contributed by atoms with E-state index in [0.29, 0.717) is 10.0 Å². The van der Waals surface area contributed by atoms with E-state index >= 15 is 0 Å². The van der Waals surface area contributed by atoms with Gasteiger partial charge in [0.05, 0.1) is 24.8 Å². The van der Waals surface area contributed by atoms with Gasteiger partial charge in [-0.3, -0.25) is 19.2 Å². The number of hydrogen-bond donors (Lipinski definition) is 1. The molecule has 9 nitrogen and oxygen atoms in total. The molecule has 1 unspecified atom stereocenters. The van der Waals surface area contributed by atoms with Crippen molar-refractivity contribution in [3.63, 3.8) is 0 Å². The summed E-state index contributed by atoms with van der Waals surface area (Å²) < 4.78 is 30.4. The average Bonchev–Trinajstić information content (AvgIpc) is 3.06. The number of methoxy groups -OCH3 is 1. The fraction of sp³-hybridized carbons (Fsp3) is 0.333. The zero-order valence-electron chi connectivity index (χ0n) is 14.8. The van der Waals surface area contributed by atoms with Gasteiger partial charge in [-0.05, 0) is 19.1 Å². The third-order valence-electron chi connectivity index (χ3n) is 3.28. The Bertz CT molecular complexity index is 901. The van der Waals surface area contributed by atoms with Crippen molar-refractivity contribution in [1.29, 1.82) is 0 Å². The van der Waals surface area contributed by atoms with Gasteiger partial charge >= 0.3 is 5.97 Å². The summed E-state index contributed by atoms with van der Waals surface area (Å²) in [5.41, 5.74) is 0.384. The second kappa shape index (κ2) is 9.15. The van der Waals surface area contributed by atoms with Crippen LogP contribution in [0, 0.1) is 0 Å². The van der Waals surface area contributed by atoms with E-state index < -0.39 is 27.9 Å². The predicted octanol–water partition coefficient (Wildman–Crippen LogP) is 1.60. The molecule has 1 aromatic carbocycles. The average molecular weight is 431 g/mol. The van der Waals surface area contributed by atoms with Crippen molar-refractivity contribution in [1.82, 2.24) is 10.2 Å². The number of benzene rings is 1. The second-order valence-corrected chi connectivity index (χ2v) is 9.36. The van der Waals surface area contributed by atoms with E-state index in [0.717, 1.165) is 33.7 Å². The summed E-state index contributed by atoms with van der Waals surface area (Å²) in [7, 11) is -2.40. The monoisotopic (exact) mass is 430 g/mol. The van der Waals surface area contributed by atoms with Gasteiger partial charge in [0, 0.05) is 0 Å². The summed E-state index contributed by atoms with van der Waals surface area (Å²) in [5.74, 6) is -0.878. The molecule has 0 aliphatic rings. The molecule has 27 heavy (non-hydrogen) atoms. The van der Waals surface area contributed by atoms with Crippen molar-refractivity contribution in [3.8, 4) is 0 Å². The third-order valence-corrected chi connectivity index (χ3v) is 6.46. The van der Waals surface area contributed by atoms with E-state index in [1.807, 2.05) is 0 Å². The quantitative estimate of drug-likeness (QED) is 0.381. The number of nitrogens with zero attached hydrogens (tertiary/aromatic N) is 3. The van der Waals surface area contributed by atoms with Crippen LogP contribution >= 0.6 is 23.1 Å². The highest BCUT2D eigenvalue weighted by Gasteiger charge is 2.29. The van der Waals surface area contributed by atoms with Gasteiger partial charge < -0.3 is 4.74 Å². The number of carbonyl (C=O) groups is 2. The minimum Gasteiger partial charge on any atom is -0.468 e. The number of sulfonamides is 1. The molecule has 0 saturated heterocycles. The van der Waals surface area contributed by atoms with Gasteiger partial charge in [-0.1, -0.05) is 41.3 Å². The molecule has 2 aromatic rings. The molecule has 12 heteroatoms. The SMILES string of the molecule is COC(=O)CSc1nnc(NC(=O)C(C)N(c2ccccc2)S(C)(=O)=O)s1. The first-order valence-corrected chi connectivity index (χ1v) is 11.3. The summed E-state index contributed by atoms with van der Waals surface area (Å²) in [5, 5.41) is 10.5. The molecule has 0 bridgehead atoms. The summed E-state index contributed by atoms with van der Waals surface area (Å²) in [6.07, 6.45) is 1.04. The summed E-state index contributed by atoms with van der Waals surface area (Å²) in [4.78, 5) is 23.7. The number of esters is 1. The Kier molecular flexibility index (Phi) is 7.16. The number of carbonyl (C=O) groups excluding carboxylic acids is 2. The molecule has 0 radical (unpaired) electrons. The highest BCUT2D eigenvalue weighted by atomic mass is 32.2. The van der Waals surface area contributed by atoms with Crippen LogP contribution in [0.3, 0.4) is 0 Å². The van der Waals surface area contributed by atoms with Crippen LogP contribution in [0.1, 0.15) is 6.92 Å². The Labute approximate surface area is 165 Å². The highest BCUT2D eigenvalue weighted by Crippen LogP contribution is 2.26. The number of anilines is 2. The molecular formula is C15H18N4O5S3. The second-order valence-electron chi connectivity index (χ2n) is 5.30. The van der Waals surface area contributed by atoms with Crippen LogP contribution in [-0.2, 0) is 24.3 Å². The number of hydrogen-bond acceptors (Lipinski definition) is 9. The van der Waals surface area contributed by atoms with Gasteiger partial charge in [-0.2, -0.15) is 0 Å². The number of rotatable bonds is 8. The summed E-state index contributed by atoms with van der Waals surface area (Å²) in [6.45, 7) is 1.48. The maximum Gasteiger partial charge on any atom is 0.316 e. The lowest BCUT2D eigenvalue weighted by Gasteiger charge is -2.27. The molecule has 146 valence electrons. The number of para-hydroxylation sites is 1. The fourth-order valence-corrected chi connectivity index (χ4v) is 4.85. The van der Waals surface area contributed by atoms with Crippen LogP contribution in [0.5, 0.6) is 0 Å². The minimum atomic E-state index is -3.69. The van der Waals surface area contributed by atoms with Crippen molar-refractivity contribution in [2.45, 2.75) is 17.3 Å². The summed E-state index contributed by atoms with van der Waals surface area (Å²) >= 11 is 2.21. The number of aromatic nitrogens is 2. The van der Waals surface area contributed by atoms with Crippen molar-refractivity contribution in [3.05, 3.63) is 30.3 Å². The summed E-state index contributed by atoms with van der Waals surface area (Å²) in [6, 6.07) is 7.34. The predicted molar refractivity (Wildman–Crippen MR) is 105 cm³/mol. The van der Waals surface area contributed by atoms with Crippen molar-refractivity contribution >= 4 is 55.8 Å². The molecule has 0 aliphatic carbocycles. The van der Waals surface area contributed by atoms with Gasteiger partial charge in [-0.25, -0.2) is 8.42 Å². The van der Waals surface area contributed by atoms with Crippen LogP contribution in [0.25, 0.3) is 0 Å². The molecule has 0 aliphatic heterocycles. The Balaban J connectivity index is 2.10. The van der Waals surface area contributed by atoms with E-state index in [9.17, 15) is 18.0 Å². The van der Waals surface area contributed by atoms with Crippen LogP contribution in [0.4, 0.5) is 10.8 Å². The molecule has 1 aromatic heterocycles. The Morgan fingerprint density at radius 3 is 2.56 bits per heavy atom. The number of thioether (sulfide) groups is 1. The van der Waals surface area contributed by atoms with Crippen molar-refractivity contribution in [2.75, 3.05) is 28.7 Å². The Morgan fingerprint density at radius 1 is 1.30 bits per heavy atom. The molecule has 0 fully saturated rings. The Hall–Kier alpha value is -2.18. The number of nitrogens with one attached hydrogen (secondary N) is 1. The molecule has 2 rings (SSSR count). The first-order valence-electron chi connectivity index (χ1n) is 7.61. The van der Waals surface area contributed by atoms with E-state index in [-0.39, 0.29) is 10.9 Å². The molecular weight excluding hydrogens is 412 g/mol. The lowest BCUT2D eigenvalue weighted by Crippen LogP contribution is -2.45. The highest BCUT2D eigenvalue weighted by molar-refractivity contribution is 8.01. The van der Waals surface area contributed by atoms with E-state index in [1.54, 1.807) is 30.3 Å². The van der Waals surface area contributed by atoms with Crippen molar-refractivity contribution in [2.24, 2.45) is 0 Å². The van der Waals surface area contributed by atoms with Gasteiger partial charge in [0.25, 0.3) is 0 Å². The Morgan fingerprint density at radius 2 is 1.96 bits per heavy atom. The van der Waals surface area contributed by atoms with E-state index in [2.05, 4.69) is 20.3 Å². The zero-order valence-corrected chi connectivity index (χ0v) is 17.2. The zero-order chi connectivity index (χ0) is 20.0. The fourth-order valence-electron chi connectivity index (χ4n) is 2.09. The van der Waals surface area contributed by atoms with Gasteiger partial charge in [0.2, 0.25) is 21.1 Å². The van der Waals surface area contributed by atoms with Gasteiger partial charge in [-0.15, -0.1) is 10.2 Å². The maximum absolute atomic E-state index is 12.5. The van der Waals surface area contributed by atoms with Crippen molar-refractivity contribution < 1.29 is 22.7 Å². The van der Waals surface area contributed by atoms with Crippen LogP contribution in [0.2, 0.25) is 0 Å². The molecule has 1 heterocycles. The lowest BCUT2D eigenvalue weighted by molar-refractivity contribution is -0.137. The maximum atomic E-state index is 12.5.